The number of hydrogen-bond donors (Lipinski definition) is 1. The van der Waals surface area contributed by atoms with Crippen LogP contribution in [-0.2, 0) is 14.4 Å². The number of Topliss-reactive ketones (excluding diaryl/α,β-unsaturated/α-hetero) is 1. The number of likely N-dealkylation sites (tertiary alicyclic amines) is 1. The van der Waals surface area contributed by atoms with Crippen molar-refractivity contribution in [3.05, 3.63) is 64.2 Å². The summed E-state index contributed by atoms with van der Waals surface area (Å²) in [6.07, 6.45) is 0. The summed E-state index contributed by atoms with van der Waals surface area (Å²) < 4.78 is 10.5. The van der Waals surface area contributed by atoms with Crippen LogP contribution in [0.3, 0.4) is 0 Å². The van der Waals surface area contributed by atoms with Crippen molar-refractivity contribution in [2.24, 2.45) is 0 Å². The third-order valence-electron chi connectivity index (χ3n) is 5.18. The largest absolute Gasteiger partial charge is 0.507 e. The summed E-state index contributed by atoms with van der Waals surface area (Å²) in [5, 5.41) is 11.6. The van der Waals surface area contributed by atoms with Gasteiger partial charge < -0.3 is 24.4 Å². The van der Waals surface area contributed by atoms with E-state index in [4.69, 9.17) is 21.1 Å². The van der Waals surface area contributed by atoms with Crippen LogP contribution >= 0.6 is 11.6 Å². The number of halogens is 1. The number of nitrogens with zero attached hydrogens (tertiary/aromatic N) is 2. The molecule has 3 rings (SSSR count). The van der Waals surface area contributed by atoms with Gasteiger partial charge in [-0.05, 0) is 50.0 Å². The lowest BCUT2D eigenvalue weighted by Crippen LogP contribution is -2.35. The second-order valence-corrected chi connectivity index (χ2v) is 8.24. The van der Waals surface area contributed by atoms with E-state index in [1.165, 1.54) is 25.0 Å². The number of ketones is 1. The predicted molar refractivity (Wildman–Crippen MR) is 123 cm³/mol. The van der Waals surface area contributed by atoms with E-state index < -0.39 is 29.5 Å². The summed E-state index contributed by atoms with van der Waals surface area (Å²) in [6.45, 7) is 2.01. The van der Waals surface area contributed by atoms with Crippen molar-refractivity contribution < 1.29 is 29.0 Å². The number of rotatable bonds is 7. The molecular weight excluding hydrogens is 448 g/mol. The van der Waals surface area contributed by atoms with E-state index in [0.29, 0.717) is 22.9 Å². The number of carbonyl (C=O) groups excluding carboxylic acids is 3. The lowest BCUT2D eigenvalue weighted by molar-refractivity contribution is -0.140. The summed E-state index contributed by atoms with van der Waals surface area (Å²) >= 11 is 6.12. The minimum Gasteiger partial charge on any atom is -0.507 e. The molecule has 174 valence electrons. The fraction of sp³-hybridized carbons (Fsp3) is 0.292. The number of amides is 1. The van der Waals surface area contributed by atoms with Crippen LogP contribution in [0.4, 0.5) is 0 Å². The number of aliphatic hydroxyl groups excluding tert-OH is 1. The van der Waals surface area contributed by atoms with E-state index in [-0.39, 0.29) is 23.4 Å². The van der Waals surface area contributed by atoms with Gasteiger partial charge in [0, 0.05) is 25.0 Å². The zero-order valence-corrected chi connectivity index (χ0v) is 19.5. The average molecular weight is 473 g/mol. The highest BCUT2D eigenvalue weighted by Gasteiger charge is 2.46. The smallest absolute Gasteiger partial charge is 0.308 e. The summed E-state index contributed by atoms with van der Waals surface area (Å²) in [5.74, 6) is -1.90. The molecule has 1 saturated heterocycles. The third-order valence-corrected chi connectivity index (χ3v) is 5.42. The van der Waals surface area contributed by atoms with Crippen molar-refractivity contribution in [3.63, 3.8) is 0 Å². The molecule has 1 aliphatic rings. The van der Waals surface area contributed by atoms with Gasteiger partial charge in [-0.25, -0.2) is 0 Å². The van der Waals surface area contributed by atoms with Crippen LogP contribution < -0.4 is 9.47 Å². The van der Waals surface area contributed by atoms with Crippen molar-refractivity contribution in [2.45, 2.75) is 13.0 Å². The van der Waals surface area contributed by atoms with Crippen LogP contribution in [0.1, 0.15) is 24.1 Å². The predicted octanol–water partition coefficient (Wildman–Crippen LogP) is 3.26. The van der Waals surface area contributed by atoms with Crippen LogP contribution in [0, 0.1) is 0 Å². The van der Waals surface area contributed by atoms with Gasteiger partial charge in [-0.2, -0.15) is 0 Å². The Labute approximate surface area is 197 Å². The van der Waals surface area contributed by atoms with Gasteiger partial charge in [-0.3, -0.25) is 14.4 Å². The molecule has 1 amide bonds. The Hall–Kier alpha value is -3.36. The maximum Gasteiger partial charge on any atom is 0.308 e. The number of ether oxygens (including phenoxy) is 2. The Morgan fingerprint density at radius 3 is 2.55 bits per heavy atom. The van der Waals surface area contributed by atoms with Crippen LogP contribution in [0.2, 0.25) is 5.02 Å². The number of benzene rings is 2. The van der Waals surface area contributed by atoms with Gasteiger partial charge in [0.15, 0.2) is 0 Å². The van der Waals surface area contributed by atoms with E-state index in [2.05, 4.69) is 0 Å². The van der Waals surface area contributed by atoms with Gasteiger partial charge in [-0.15, -0.1) is 0 Å². The van der Waals surface area contributed by atoms with Crippen LogP contribution in [-0.4, -0.2) is 66.9 Å². The van der Waals surface area contributed by atoms with Crippen molar-refractivity contribution in [1.82, 2.24) is 9.80 Å². The minimum atomic E-state index is -0.899. The van der Waals surface area contributed by atoms with E-state index in [0.717, 1.165) is 0 Å². The van der Waals surface area contributed by atoms with Crippen LogP contribution in [0.15, 0.2) is 48.0 Å². The molecule has 1 N–H and O–H groups in total. The molecule has 0 aliphatic carbocycles. The Morgan fingerprint density at radius 1 is 1.18 bits per heavy atom. The number of likely N-dealkylation sites (N-methyl/N-ethyl adjacent to an activating group) is 1. The first-order valence-corrected chi connectivity index (χ1v) is 10.6. The van der Waals surface area contributed by atoms with Gasteiger partial charge in [0.25, 0.3) is 11.7 Å². The highest BCUT2D eigenvalue weighted by molar-refractivity contribution is 6.46. The molecule has 9 heteroatoms. The molecule has 33 heavy (non-hydrogen) atoms. The molecule has 0 spiro atoms. The number of esters is 1. The molecule has 8 nitrogen and oxygen atoms in total. The highest BCUT2D eigenvalue weighted by Crippen LogP contribution is 2.42. The maximum atomic E-state index is 13.1. The monoisotopic (exact) mass is 472 g/mol. The number of carbonyl (C=O) groups is 3. The van der Waals surface area contributed by atoms with Crippen molar-refractivity contribution >= 4 is 35.0 Å². The molecular formula is C24H25ClN2O6. The standard InChI is InChI=1S/C24H25ClN2O6/c1-14(28)33-17-7-5-6-15(12-17)21-20(23(30)24(31)27(21)11-10-26(2)3)22(29)18-13-16(25)8-9-19(18)32-4/h5-9,12-13,21,29H,10-11H2,1-4H3/b22-20+. The molecule has 2 aromatic carbocycles. The van der Waals surface area contributed by atoms with Gasteiger partial charge in [0.1, 0.15) is 17.3 Å². The number of methoxy groups -OCH3 is 1. The lowest BCUT2D eigenvalue weighted by Gasteiger charge is -2.27. The molecule has 1 unspecified atom stereocenters. The fourth-order valence-corrected chi connectivity index (χ4v) is 3.86. The van der Waals surface area contributed by atoms with Gasteiger partial charge in [-0.1, -0.05) is 23.7 Å². The Bertz CT molecular complexity index is 1130. The van der Waals surface area contributed by atoms with Gasteiger partial charge in [0.05, 0.1) is 24.3 Å². The normalized spacial score (nSPS) is 17.5. The molecule has 1 aliphatic heterocycles. The average Bonchev–Trinajstić information content (AvgIpc) is 3.01. The Morgan fingerprint density at radius 2 is 1.91 bits per heavy atom. The summed E-state index contributed by atoms with van der Waals surface area (Å²) in [6, 6.07) is 10.2. The molecule has 2 aromatic rings. The second kappa shape index (κ2) is 10.1. The van der Waals surface area contributed by atoms with Gasteiger partial charge in [0.2, 0.25) is 0 Å². The number of hydrogen-bond acceptors (Lipinski definition) is 7. The summed E-state index contributed by atoms with van der Waals surface area (Å²) in [7, 11) is 5.13. The lowest BCUT2D eigenvalue weighted by atomic mass is 9.95. The molecule has 0 aromatic heterocycles. The highest BCUT2D eigenvalue weighted by atomic mass is 35.5. The molecule has 0 radical (unpaired) electrons. The SMILES string of the molecule is COc1ccc(Cl)cc1/C(O)=C1\C(=O)C(=O)N(CCN(C)C)C1c1cccc(OC(C)=O)c1. The second-order valence-electron chi connectivity index (χ2n) is 7.81. The first kappa shape index (κ1) is 24.3. The Kier molecular flexibility index (Phi) is 7.40. The van der Waals surface area contributed by atoms with Crippen molar-refractivity contribution in [2.75, 3.05) is 34.3 Å². The summed E-state index contributed by atoms with van der Waals surface area (Å²) in [4.78, 5) is 40.8. The quantitative estimate of drug-likeness (QED) is 0.217. The zero-order chi connectivity index (χ0) is 24.3. The van der Waals surface area contributed by atoms with E-state index in [1.807, 2.05) is 19.0 Å². The molecule has 1 heterocycles. The topological polar surface area (TPSA) is 96.4 Å². The van der Waals surface area contributed by atoms with E-state index in [1.54, 1.807) is 36.4 Å². The fourth-order valence-electron chi connectivity index (χ4n) is 3.69. The molecule has 1 atom stereocenters. The van der Waals surface area contributed by atoms with E-state index in [9.17, 15) is 19.5 Å². The van der Waals surface area contributed by atoms with Crippen LogP contribution in [0.25, 0.3) is 5.76 Å². The summed E-state index contributed by atoms with van der Waals surface area (Å²) in [5.41, 5.74) is 0.602. The van der Waals surface area contributed by atoms with Crippen LogP contribution in [0.5, 0.6) is 11.5 Å². The van der Waals surface area contributed by atoms with E-state index >= 15 is 0 Å². The molecule has 1 fully saturated rings. The van der Waals surface area contributed by atoms with Gasteiger partial charge >= 0.3 is 5.97 Å². The maximum absolute atomic E-state index is 13.1. The van der Waals surface area contributed by atoms with Crippen molar-refractivity contribution in [3.8, 4) is 11.5 Å². The third kappa shape index (κ3) is 5.18. The minimum absolute atomic E-state index is 0.0979. The Balaban J connectivity index is 2.21. The first-order valence-electron chi connectivity index (χ1n) is 10.2. The molecule has 0 saturated carbocycles. The number of aliphatic hydroxyl groups is 1. The van der Waals surface area contributed by atoms with Crippen molar-refractivity contribution in [1.29, 1.82) is 0 Å². The molecule has 0 bridgehead atoms. The zero-order valence-electron chi connectivity index (χ0n) is 18.8. The first-order chi connectivity index (χ1) is 15.6.